The second kappa shape index (κ2) is 5.43. The summed E-state index contributed by atoms with van der Waals surface area (Å²) in [6.45, 7) is 0.250. The number of thiazole rings is 1. The third kappa shape index (κ3) is 2.93. The van der Waals surface area contributed by atoms with Gasteiger partial charge >= 0.3 is 4.87 Å². The van der Waals surface area contributed by atoms with E-state index in [1.807, 2.05) is 0 Å². The van der Waals surface area contributed by atoms with E-state index in [0.29, 0.717) is 11.5 Å². The summed E-state index contributed by atoms with van der Waals surface area (Å²) in [7, 11) is 0. The molecule has 0 radical (unpaired) electrons. The molecule has 2 rings (SSSR count). The first kappa shape index (κ1) is 12.3. The lowest BCUT2D eigenvalue weighted by Gasteiger charge is -2.04. The van der Waals surface area contributed by atoms with Crippen molar-refractivity contribution in [3.05, 3.63) is 44.6 Å². The van der Waals surface area contributed by atoms with Crippen molar-refractivity contribution in [2.24, 2.45) is 5.84 Å². The minimum absolute atomic E-state index is 0.147. The van der Waals surface area contributed by atoms with Gasteiger partial charge in [0.25, 0.3) is 5.91 Å². The number of nitrogen functional groups attached to an aromatic ring is 1. The molecule has 0 fully saturated rings. The number of H-pyrrole nitrogens is 1. The lowest BCUT2D eigenvalue weighted by Crippen LogP contribution is -2.24. The molecule has 8 heteroatoms. The van der Waals surface area contributed by atoms with Gasteiger partial charge in [-0.15, -0.1) is 0 Å². The average Bonchev–Trinajstić information content (AvgIpc) is 2.82. The molecular formula is C10H11N5O2S. The summed E-state index contributed by atoms with van der Waals surface area (Å²) in [5.74, 6) is 5.28. The third-order valence-electron chi connectivity index (χ3n) is 2.14. The number of carbonyl (C=O) groups excluding carboxylic acids is 1. The second-order valence-corrected chi connectivity index (χ2v) is 4.25. The molecule has 2 aromatic rings. The second-order valence-electron chi connectivity index (χ2n) is 3.41. The van der Waals surface area contributed by atoms with Gasteiger partial charge in [-0.1, -0.05) is 17.4 Å². The van der Waals surface area contributed by atoms with Gasteiger partial charge in [0.1, 0.15) is 11.5 Å². The lowest BCUT2D eigenvalue weighted by atomic mass is 10.3. The zero-order valence-corrected chi connectivity index (χ0v) is 10.1. The van der Waals surface area contributed by atoms with E-state index in [4.69, 9.17) is 5.84 Å². The number of hydrazine groups is 1. The van der Waals surface area contributed by atoms with Gasteiger partial charge < -0.3 is 15.7 Å². The molecule has 0 aromatic carbocycles. The van der Waals surface area contributed by atoms with Crippen LogP contribution in [0.15, 0.2) is 28.4 Å². The zero-order chi connectivity index (χ0) is 13.0. The summed E-state index contributed by atoms with van der Waals surface area (Å²) in [5, 5.41) is 4.31. The highest BCUT2D eigenvalue weighted by Gasteiger charge is 2.07. The Hall–Kier alpha value is -2.19. The van der Waals surface area contributed by atoms with Crippen LogP contribution in [-0.4, -0.2) is 15.9 Å². The van der Waals surface area contributed by atoms with Crippen molar-refractivity contribution >= 4 is 23.1 Å². The summed E-state index contributed by atoms with van der Waals surface area (Å²) < 4.78 is 0. The van der Waals surface area contributed by atoms with Crippen molar-refractivity contribution in [3.8, 4) is 0 Å². The molecule has 5 N–H and O–H groups in total. The fourth-order valence-electron chi connectivity index (χ4n) is 1.31. The largest absolute Gasteiger partial charge is 0.345 e. The van der Waals surface area contributed by atoms with Gasteiger partial charge in [-0.25, -0.2) is 10.8 Å². The minimum atomic E-state index is -0.334. The maximum atomic E-state index is 11.8. The maximum absolute atomic E-state index is 11.8. The molecule has 94 valence electrons. The van der Waals surface area contributed by atoms with Gasteiger partial charge in [0.2, 0.25) is 0 Å². The van der Waals surface area contributed by atoms with Crippen LogP contribution < -0.4 is 21.5 Å². The van der Waals surface area contributed by atoms with Crippen molar-refractivity contribution in [2.45, 2.75) is 6.54 Å². The zero-order valence-electron chi connectivity index (χ0n) is 9.27. The molecule has 1 amide bonds. The lowest BCUT2D eigenvalue weighted by molar-refractivity contribution is 0.0945. The molecule has 2 aromatic heterocycles. The Balaban J connectivity index is 2.01. The first-order chi connectivity index (χ1) is 8.69. The molecule has 0 aliphatic carbocycles. The molecule has 0 bridgehead atoms. The fraction of sp³-hybridized carbons (Fsp3) is 0.100. The fourth-order valence-corrected chi connectivity index (χ4v) is 1.89. The Labute approximate surface area is 106 Å². The summed E-state index contributed by atoms with van der Waals surface area (Å²) >= 11 is 1.05. The summed E-state index contributed by atoms with van der Waals surface area (Å²) in [6, 6.07) is 4.89. The van der Waals surface area contributed by atoms with Gasteiger partial charge in [0, 0.05) is 11.1 Å². The van der Waals surface area contributed by atoms with Crippen LogP contribution in [-0.2, 0) is 6.54 Å². The Morgan fingerprint density at radius 2 is 2.33 bits per heavy atom. The smallest absolute Gasteiger partial charge is 0.304 e. The van der Waals surface area contributed by atoms with Crippen molar-refractivity contribution in [1.82, 2.24) is 15.3 Å². The number of rotatable bonds is 4. The van der Waals surface area contributed by atoms with Crippen LogP contribution in [0.25, 0.3) is 0 Å². The monoisotopic (exact) mass is 265 g/mol. The molecule has 0 aliphatic rings. The normalized spacial score (nSPS) is 10.1. The number of anilines is 1. The third-order valence-corrected chi connectivity index (χ3v) is 2.86. The first-order valence-corrected chi connectivity index (χ1v) is 5.95. The number of nitrogens with zero attached hydrogens (tertiary/aromatic N) is 1. The maximum Gasteiger partial charge on any atom is 0.304 e. The van der Waals surface area contributed by atoms with Crippen molar-refractivity contribution in [1.29, 1.82) is 0 Å². The van der Waals surface area contributed by atoms with Gasteiger partial charge in [-0.05, 0) is 12.1 Å². The van der Waals surface area contributed by atoms with Crippen LogP contribution in [0, 0.1) is 0 Å². The van der Waals surface area contributed by atoms with E-state index in [0.717, 1.165) is 11.3 Å². The Bertz CT molecular complexity index is 606. The molecule has 2 heterocycles. The van der Waals surface area contributed by atoms with E-state index in [2.05, 4.69) is 20.7 Å². The highest BCUT2D eigenvalue weighted by Crippen LogP contribution is 2.03. The summed E-state index contributed by atoms with van der Waals surface area (Å²) in [4.78, 5) is 29.1. The predicted octanol–water partition coefficient (Wildman–Crippen LogP) is 0.0470. The number of hydrogen-bond donors (Lipinski definition) is 4. The molecule has 0 unspecified atom stereocenters. The standard InChI is InChI=1S/C10H11N5O2S/c11-15-8-3-1-2-7(14-8)9(16)12-4-6-5-18-10(17)13-6/h1-3,5H,4,11H2,(H,12,16)(H,13,17)(H,14,15). The summed E-state index contributed by atoms with van der Waals surface area (Å²) in [5.41, 5.74) is 3.27. The minimum Gasteiger partial charge on any atom is -0.345 e. The molecule has 0 saturated carbocycles. The summed E-state index contributed by atoms with van der Waals surface area (Å²) in [6.07, 6.45) is 0. The number of nitrogens with one attached hydrogen (secondary N) is 3. The van der Waals surface area contributed by atoms with Crippen LogP contribution in [0.4, 0.5) is 5.82 Å². The van der Waals surface area contributed by atoms with Crippen molar-refractivity contribution in [2.75, 3.05) is 5.43 Å². The molecule has 0 aliphatic heterocycles. The van der Waals surface area contributed by atoms with E-state index in [-0.39, 0.29) is 23.0 Å². The Morgan fingerprint density at radius 1 is 1.50 bits per heavy atom. The molecule has 0 spiro atoms. The van der Waals surface area contributed by atoms with E-state index in [1.54, 1.807) is 23.6 Å². The molecule has 7 nitrogen and oxygen atoms in total. The molecule has 0 saturated heterocycles. The van der Waals surface area contributed by atoms with Crippen LogP contribution in [0.5, 0.6) is 0 Å². The van der Waals surface area contributed by atoms with E-state index in [9.17, 15) is 9.59 Å². The van der Waals surface area contributed by atoms with Gasteiger partial charge in [-0.2, -0.15) is 0 Å². The van der Waals surface area contributed by atoms with Crippen molar-refractivity contribution < 1.29 is 4.79 Å². The van der Waals surface area contributed by atoms with Crippen LogP contribution in [0.3, 0.4) is 0 Å². The SMILES string of the molecule is NNc1cccc(C(=O)NCc2csc(=O)[nH]2)n1. The Morgan fingerprint density at radius 3 is 3.00 bits per heavy atom. The molecular weight excluding hydrogens is 254 g/mol. The highest BCUT2D eigenvalue weighted by molar-refractivity contribution is 7.07. The van der Waals surface area contributed by atoms with Gasteiger partial charge in [0.15, 0.2) is 0 Å². The quantitative estimate of drug-likeness (QED) is 0.461. The van der Waals surface area contributed by atoms with Crippen molar-refractivity contribution in [3.63, 3.8) is 0 Å². The Kier molecular flexibility index (Phi) is 3.70. The number of amides is 1. The predicted molar refractivity (Wildman–Crippen MR) is 68.2 cm³/mol. The van der Waals surface area contributed by atoms with Crippen LogP contribution in [0.2, 0.25) is 0 Å². The molecule has 0 atom stereocenters. The van der Waals surface area contributed by atoms with Gasteiger partial charge in [-0.3, -0.25) is 9.59 Å². The van der Waals surface area contributed by atoms with E-state index in [1.165, 1.54) is 0 Å². The number of carbonyl (C=O) groups is 1. The van der Waals surface area contributed by atoms with Gasteiger partial charge in [0.05, 0.1) is 6.54 Å². The number of aromatic amines is 1. The number of hydrogen-bond acceptors (Lipinski definition) is 6. The first-order valence-electron chi connectivity index (χ1n) is 5.07. The number of nitrogens with two attached hydrogens (primary N) is 1. The average molecular weight is 265 g/mol. The van der Waals surface area contributed by atoms with Crippen LogP contribution in [0.1, 0.15) is 16.2 Å². The topological polar surface area (TPSA) is 113 Å². The highest BCUT2D eigenvalue weighted by atomic mass is 32.1. The number of aromatic nitrogens is 2. The van der Waals surface area contributed by atoms with E-state index < -0.39 is 0 Å². The van der Waals surface area contributed by atoms with E-state index >= 15 is 0 Å². The molecule has 18 heavy (non-hydrogen) atoms. The number of pyridine rings is 1. The van der Waals surface area contributed by atoms with Crippen LogP contribution >= 0.6 is 11.3 Å².